The molecule has 0 atom stereocenters. The van der Waals surface area contributed by atoms with E-state index in [9.17, 15) is 19.2 Å². The number of aryl methyl sites for hydroxylation is 1. The van der Waals surface area contributed by atoms with Crippen molar-refractivity contribution in [3.63, 3.8) is 0 Å². The zero-order valence-corrected chi connectivity index (χ0v) is 10.2. The van der Waals surface area contributed by atoms with E-state index in [0.717, 1.165) is 6.07 Å². The number of aromatic nitrogens is 3. The molecule has 104 valence electrons. The van der Waals surface area contributed by atoms with Gasteiger partial charge in [0.25, 0.3) is 11.5 Å². The average Bonchev–Trinajstić information content (AvgIpc) is 2.69. The predicted molar refractivity (Wildman–Crippen MR) is 68.1 cm³/mol. The summed E-state index contributed by atoms with van der Waals surface area (Å²) < 4.78 is 0. The number of carboxylic acid groups (broad SMARTS) is 1. The Morgan fingerprint density at radius 2 is 1.95 bits per heavy atom. The second-order valence-electron chi connectivity index (χ2n) is 3.96. The van der Waals surface area contributed by atoms with Crippen molar-refractivity contribution in [1.82, 2.24) is 15.0 Å². The summed E-state index contributed by atoms with van der Waals surface area (Å²) in [5, 5.41) is 11.3. The van der Waals surface area contributed by atoms with Gasteiger partial charge in [-0.2, -0.15) is 0 Å². The van der Waals surface area contributed by atoms with Crippen molar-refractivity contribution < 1.29 is 14.7 Å². The number of aromatic amines is 3. The van der Waals surface area contributed by atoms with Gasteiger partial charge in [0.05, 0.1) is 5.69 Å². The van der Waals surface area contributed by atoms with Crippen LogP contribution in [-0.2, 0) is 0 Å². The van der Waals surface area contributed by atoms with Crippen molar-refractivity contribution in [1.29, 1.82) is 0 Å². The number of anilines is 1. The number of carbonyl (C=O) groups excluding carboxylic acids is 1. The Balaban J connectivity index is 2.35. The van der Waals surface area contributed by atoms with Crippen LogP contribution in [0.4, 0.5) is 5.69 Å². The Kier molecular flexibility index (Phi) is 3.25. The van der Waals surface area contributed by atoms with E-state index in [4.69, 9.17) is 5.11 Å². The van der Waals surface area contributed by atoms with E-state index in [2.05, 4.69) is 15.3 Å². The maximum Gasteiger partial charge on any atom is 0.339 e. The number of aromatic carboxylic acids is 1. The van der Waals surface area contributed by atoms with Crippen LogP contribution in [0.3, 0.4) is 0 Å². The Bertz CT molecular complexity index is 769. The average molecular weight is 278 g/mol. The van der Waals surface area contributed by atoms with E-state index in [1.807, 2.05) is 4.98 Å². The largest absolute Gasteiger partial charge is 0.478 e. The number of carbonyl (C=O) groups is 2. The second-order valence-corrected chi connectivity index (χ2v) is 3.96. The molecule has 5 N–H and O–H groups in total. The third-order valence-electron chi connectivity index (χ3n) is 2.54. The smallest absolute Gasteiger partial charge is 0.339 e. The lowest BCUT2D eigenvalue weighted by molar-refractivity contribution is 0.0697. The van der Waals surface area contributed by atoms with Crippen LogP contribution < -0.4 is 16.6 Å². The molecule has 0 saturated heterocycles. The van der Waals surface area contributed by atoms with Gasteiger partial charge in [-0.15, -0.1) is 0 Å². The molecule has 0 aliphatic rings. The molecule has 1 amide bonds. The van der Waals surface area contributed by atoms with Crippen molar-refractivity contribution in [3.05, 3.63) is 50.1 Å². The number of H-pyrrole nitrogens is 3. The van der Waals surface area contributed by atoms with E-state index in [0.29, 0.717) is 5.69 Å². The topological polar surface area (TPSA) is 148 Å². The summed E-state index contributed by atoms with van der Waals surface area (Å²) >= 11 is 0. The maximum absolute atomic E-state index is 11.9. The molecule has 9 nitrogen and oxygen atoms in total. The molecule has 0 bridgehead atoms. The SMILES string of the molecule is Cc1[nH]cc(NC(=O)c2cc(=O)[nH]c(=O)[nH]2)c1C(=O)O. The number of nitrogens with one attached hydrogen (secondary N) is 4. The van der Waals surface area contributed by atoms with Crippen LogP contribution in [0.25, 0.3) is 0 Å². The zero-order chi connectivity index (χ0) is 14.9. The van der Waals surface area contributed by atoms with Crippen LogP contribution in [0.1, 0.15) is 26.5 Å². The first kappa shape index (κ1) is 13.3. The van der Waals surface area contributed by atoms with E-state index in [1.165, 1.54) is 13.1 Å². The number of hydrogen-bond donors (Lipinski definition) is 5. The fourth-order valence-corrected chi connectivity index (χ4v) is 1.68. The molecule has 2 aromatic rings. The molecule has 0 fully saturated rings. The summed E-state index contributed by atoms with van der Waals surface area (Å²) in [6.45, 7) is 1.54. The normalized spacial score (nSPS) is 10.2. The molecule has 2 heterocycles. The number of rotatable bonds is 3. The summed E-state index contributed by atoms with van der Waals surface area (Å²) in [5.41, 5.74) is -1.51. The highest BCUT2D eigenvalue weighted by Crippen LogP contribution is 2.19. The molecule has 2 aromatic heterocycles. The van der Waals surface area contributed by atoms with Crippen LogP contribution in [-0.4, -0.2) is 31.9 Å². The van der Waals surface area contributed by atoms with Gasteiger partial charge in [0.15, 0.2) is 0 Å². The quantitative estimate of drug-likeness (QED) is 0.520. The van der Waals surface area contributed by atoms with Crippen molar-refractivity contribution >= 4 is 17.6 Å². The van der Waals surface area contributed by atoms with Gasteiger partial charge in [-0.05, 0) is 6.92 Å². The molecular formula is C11H10N4O5. The molecule has 0 unspecified atom stereocenters. The predicted octanol–water partition coefficient (Wildman–Crippen LogP) is -0.350. The van der Waals surface area contributed by atoms with Gasteiger partial charge in [-0.3, -0.25) is 14.6 Å². The minimum atomic E-state index is -1.21. The van der Waals surface area contributed by atoms with Gasteiger partial charge in [-0.1, -0.05) is 0 Å². The van der Waals surface area contributed by atoms with Gasteiger partial charge >= 0.3 is 11.7 Å². The van der Waals surface area contributed by atoms with Crippen LogP contribution in [0.2, 0.25) is 0 Å². The monoisotopic (exact) mass is 278 g/mol. The highest BCUT2D eigenvalue weighted by molar-refractivity contribution is 6.07. The first-order chi connectivity index (χ1) is 9.38. The van der Waals surface area contributed by atoms with E-state index < -0.39 is 23.1 Å². The lowest BCUT2D eigenvalue weighted by atomic mass is 10.2. The summed E-state index contributed by atoms with van der Waals surface area (Å²) in [6, 6.07) is 0.899. The van der Waals surface area contributed by atoms with E-state index in [-0.39, 0.29) is 16.9 Å². The van der Waals surface area contributed by atoms with Crippen LogP contribution >= 0.6 is 0 Å². The molecule has 0 spiro atoms. The van der Waals surface area contributed by atoms with Crippen molar-refractivity contribution in [2.24, 2.45) is 0 Å². The van der Waals surface area contributed by atoms with Crippen LogP contribution in [0.5, 0.6) is 0 Å². The zero-order valence-electron chi connectivity index (χ0n) is 10.2. The molecule has 0 aliphatic heterocycles. The standard InChI is InChI=1S/C11H10N4O5/c1-4-8(10(18)19)6(3-12-4)13-9(17)5-2-7(16)15-11(20)14-5/h2-3,12H,1H3,(H,13,17)(H,18,19)(H2,14,15,16,20). The molecule has 0 aromatic carbocycles. The molecule has 0 saturated carbocycles. The van der Waals surface area contributed by atoms with Gasteiger partial charge in [-0.25, -0.2) is 9.59 Å². The fourth-order valence-electron chi connectivity index (χ4n) is 1.68. The Hall–Kier alpha value is -3.10. The minimum Gasteiger partial charge on any atom is -0.478 e. The molecule has 0 radical (unpaired) electrons. The second kappa shape index (κ2) is 4.88. The number of amides is 1. The first-order valence-electron chi connectivity index (χ1n) is 5.44. The molecule has 0 aliphatic carbocycles. The molecule has 9 heteroatoms. The minimum absolute atomic E-state index is 0.0427. The van der Waals surface area contributed by atoms with Crippen molar-refractivity contribution in [2.75, 3.05) is 5.32 Å². The van der Waals surface area contributed by atoms with E-state index >= 15 is 0 Å². The van der Waals surface area contributed by atoms with Gasteiger partial charge in [0.2, 0.25) is 0 Å². The Morgan fingerprint density at radius 1 is 1.25 bits per heavy atom. The molecular weight excluding hydrogens is 268 g/mol. The summed E-state index contributed by atoms with van der Waals surface area (Å²) in [4.78, 5) is 51.8. The number of carboxylic acids is 1. The highest BCUT2D eigenvalue weighted by Gasteiger charge is 2.18. The summed E-state index contributed by atoms with van der Waals surface area (Å²) in [7, 11) is 0. The van der Waals surface area contributed by atoms with Gasteiger partial charge in [0.1, 0.15) is 11.3 Å². The Labute approximate surface area is 110 Å². The van der Waals surface area contributed by atoms with Crippen molar-refractivity contribution in [2.45, 2.75) is 6.92 Å². The lowest BCUT2D eigenvalue weighted by Gasteiger charge is -2.04. The summed E-state index contributed by atoms with van der Waals surface area (Å²) in [6.07, 6.45) is 1.31. The molecule has 20 heavy (non-hydrogen) atoms. The fraction of sp³-hybridized carbons (Fsp3) is 0.0909. The molecule has 2 rings (SSSR count). The third kappa shape index (κ3) is 2.51. The number of hydrogen-bond acceptors (Lipinski definition) is 4. The van der Waals surface area contributed by atoms with Crippen LogP contribution in [0.15, 0.2) is 21.9 Å². The first-order valence-corrected chi connectivity index (χ1v) is 5.44. The maximum atomic E-state index is 11.9. The Morgan fingerprint density at radius 3 is 2.55 bits per heavy atom. The lowest BCUT2D eigenvalue weighted by Crippen LogP contribution is -2.27. The van der Waals surface area contributed by atoms with Gasteiger partial charge < -0.3 is 20.4 Å². The van der Waals surface area contributed by atoms with Gasteiger partial charge in [0, 0.05) is 18.0 Å². The van der Waals surface area contributed by atoms with E-state index in [1.54, 1.807) is 0 Å². The van der Waals surface area contributed by atoms with Crippen molar-refractivity contribution in [3.8, 4) is 0 Å². The highest BCUT2D eigenvalue weighted by atomic mass is 16.4. The third-order valence-corrected chi connectivity index (χ3v) is 2.54. The summed E-state index contributed by atoms with van der Waals surface area (Å²) in [5.74, 6) is -2.01. The van der Waals surface area contributed by atoms with Crippen LogP contribution in [0, 0.1) is 6.92 Å².